The van der Waals surface area contributed by atoms with Crippen LogP contribution in [-0.2, 0) is 5.41 Å². The van der Waals surface area contributed by atoms with Crippen LogP contribution in [0.2, 0.25) is 0 Å². The minimum atomic E-state index is -0.487. The number of nitrogens with one attached hydrogen (secondary N) is 1. The first kappa shape index (κ1) is 12.9. The van der Waals surface area contributed by atoms with E-state index in [1.165, 1.54) is 5.56 Å². The maximum absolute atomic E-state index is 10.4. The summed E-state index contributed by atoms with van der Waals surface area (Å²) in [5.74, 6) is 0. The second-order valence-electron chi connectivity index (χ2n) is 5.90. The maximum atomic E-state index is 10.4. The number of anilines is 1. The molecule has 1 aromatic carbocycles. The second-order valence-corrected chi connectivity index (χ2v) is 5.90. The van der Waals surface area contributed by atoms with Crippen molar-refractivity contribution in [2.24, 2.45) is 0 Å². The Bertz CT molecular complexity index is 453. The quantitative estimate of drug-likeness (QED) is 0.748. The van der Waals surface area contributed by atoms with Crippen LogP contribution in [0.5, 0.6) is 0 Å². The molecule has 1 fully saturated rings. The third kappa shape index (κ3) is 2.14. The van der Waals surface area contributed by atoms with Crippen LogP contribution in [0.1, 0.15) is 25.3 Å². The Hall–Kier alpha value is -1.10. The fourth-order valence-electron chi connectivity index (χ4n) is 3.53. The number of hydrogen-bond acceptors (Lipinski definition) is 4. The van der Waals surface area contributed by atoms with E-state index in [4.69, 9.17) is 0 Å². The van der Waals surface area contributed by atoms with E-state index in [2.05, 4.69) is 16.3 Å². The summed E-state index contributed by atoms with van der Waals surface area (Å²) in [6.07, 6.45) is 1.10. The Balaban J connectivity index is 1.79. The molecular formula is C15H22N2O2. The van der Waals surface area contributed by atoms with Gasteiger partial charge in [0.15, 0.2) is 0 Å². The minimum Gasteiger partial charge on any atom is -0.392 e. The molecule has 4 nitrogen and oxygen atoms in total. The molecule has 19 heavy (non-hydrogen) atoms. The number of aliphatic hydroxyl groups excluding tert-OH is 2. The molecule has 1 saturated heterocycles. The molecule has 2 heterocycles. The molecule has 3 rings (SSSR count). The highest BCUT2D eigenvalue weighted by Gasteiger charge is 2.47. The molecule has 1 spiro atoms. The average Bonchev–Trinajstić information content (AvgIpc) is 2.65. The van der Waals surface area contributed by atoms with Crippen LogP contribution in [0.4, 0.5) is 5.69 Å². The van der Waals surface area contributed by atoms with E-state index in [-0.39, 0.29) is 11.5 Å². The van der Waals surface area contributed by atoms with Crippen molar-refractivity contribution in [3.05, 3.63) is 29.8 Å². The van der Waals surface area contributed by atoms with Gasteiger partial charge in [-0.2, -0.15) is 0 Å². The van der Waals surface area contributed by atoms with Crippen LogP contribution in [-0.4, -0.2) is 47.1 Å². The first-order chi connectivity index (χ1) is 9.12. The molecule has 0 aromatic heterocycles. The summed E-state index contributed by atoms with van der Waals surface area (Å²) in [5, 5.41) is 23.1. The largest absolute Gasteiger partial charge is 0.392 e. The molecule has 2 aliphatic rings. The second kappa shape index (κ2) is 4.78. The normalized spacial score (nSPS) is 27.0. The van der Waals surface area contributed by atoms with Crippen LogP contribution < -0.4 is 5.32 Å². The number of β-amino-alcohol motifs (C(OH)–C–C–N with tert-alkyl or cyclic N) is 1. The molecule has 1 aromatic rings. The van der Waals surface area contributed by atoms with Gasteiger partial charge in [-0.05, 0) is 44.5 Å². The number of aliphatic hydroxyl groups is 2. The summed E-state index contributed by atoms with van der Waals surface area (Å²) in [4.78, 5) is 2.28. The molecule has 2 atom stereocenters. The number of benzene rings is 1. The maximum Gasteiger partial charge on any atom is 0.134 e. The molecule has 1 unspecified atom stereocenters. The van der Waals surface area contributed by atoms with E-state index in [0.29, 0.717) is 0 Å². The predicted octanol–water partition coefficient (Wildman–Crippen LogP) is 1.14. The van der Waals surface area contributed by atoms with Crippen molar-refractivity contribution in [3.8, 4) is 0 Å². The number of piperidine rings is 1. The number of nitrogens with zero attached hydrogens (tertiary/aromatic N) is 1. The molecule has 4 heteroatoms. The number of rotatable bonds is 2. The van der Waals surface area contributed by atoms with Crippen LogP contribution in [0.3, 0.4) is 0 Å². The molecule has 0 saturated carbocycles. The van der Waals surface area contributed by atoms with Crippen molar-refractivity contribution >= 4 is 5.69 Å². The Labute approximate surface area is 114 Å². The first-order valence-electron chi connectivity index (χ1n) is 7.06. The van der Waals surface area contributed by atoms with Crippen molar-refractivity contribution in [2.75, 3.05) is 25.0 Å². The lowest BCUT2D eigenvalue weighted by Crippen LogP contribution is -2.49. The van der Waals surface area contributed by atoms with E-state index >= 15 is 0 Å². The Morgan fingerprint density at radius 3 is 2.74 bits per heavy atom. The standard InChI is InChI=1S/C15H22N2O2/c1-11(18)10-17-8-6-15(7-9-17)12-4-2-3-5-13(12)16-14(15)19/h2-5,11,14,16,18-19H,6-10H2,1H3/t11-,14?/m1/s1. The van der Waals surface area contributed by atoms with Gasteiger partial charge in [0, 0.05) is 17.6 Å². The summed E-state index contributed by atoms with van der Waals surface area (Å²) in [5.41, 5.74) is 2.17. The smallest absolute Gasteiger partial charge is 0.134 e. The first-order valence-corrected chi connectivity index (χ1v) is 7.06. The van der Waals surface area contributed by atoms with Crippen molar-refractivity contribution in [2.45, 2.75) is 37.5 Å². The third-order valence-corrected chi connectivity index (χ3v) is 4.55. The Morgan fingerprint density at radius 1 is 1.37 bits per heavy atom. The van der Waals surface area contributed by atoms with E-state index in [1.807, 2.05) is 25.1 Å². The van der Waals surface area contributed by atoms with Crippen molar-refractivity contribution in [1.82, 2.24) is 4.90 Å². The van der Waals surface area contributed by atoms with Gasteiger partial charge in [-0.3, -0.25) is 0 Å². The molecule has 0 radical (unpaired) electrons. The Morgan fingerprint density at radius 2 is 2.05 bits per heavy atom. The van der Waals surface area contributed by atoms with Crippen molar-refractivity contribution < 1.29 is 10.2 Å². The SMILES string of the molecule is C[C@@H](O)CN1CCC2(CC1)c1ccccc1NC2O. The molecule has 0 bridgehead atoms. The van der Waals surface area contributed by atoms with Crippen molar-refractivity contribution in [3.63, 3.8) is 0 Å². The van der Waals surface area contributed by atoms with Gasteiger partial charge in [0.1, 0.15) is 6.23 Å². The highest BCUT2D eigenvalue weighted by molar-refractivity contribution is 5.61. The lowest BCUT2D eigenvalue weighted by molar-refractivity contribution is 0.0401. The van der Waals surface area contributed by atoms with Crippen LogP contribution in [0.15, 0.2) is 24.3 Å². The van der Waals surface area contributed by atoms with Gasteiger partial charge in [0.05, 0.1) is 6.10 Å². The third-order valence-electron chi connectivity index (χ3n) is 4.55. The van der Waals surface area contributed by atoms with Gasteiger partial charge in [0.25, 0.3) is 0 Å². The monoisotopic (exact) mass is 262 g/mol. The van der Waals surface area contributed by atoms with Gasteiger partial charge in [0.2, 0.25) is 0 Å². The summed E-state index contributed by atoms with van der Waals surface area (Å²) in [6.45, 7) is 4.41. The van der Waals surface area contributed by atoms with Gasteiger partial charge in [-0.15, -0.1) is 0 Å². The summed E-state index contributed by atoms with van der Waals surface area (Å²) in [6, 6.07) is 8.21. The fourth-order valence-corrected chi connectivity index (χ4v) is 3.53. The minimum absolute atomic E-state index is 0.147. The number of hydrogen-bond donors (Lipinski definition) is 3. The lowest BCUT2D eigenvalue weighted by atomic mass is 9.73. The summed E-state index contributed by atoms with van der Waals surface area (Å²) in [7, 11) is 0. The van der Waals surface area contributed by atoms with Crippen molar-refractivity contribution in [1.29, 1.82) is 0 Å². The lowest BCUT2D eigenvalue weighted by Gasteiger charge is -2.41. The highest BCUT2D eigenvalue weighted by atomic mass is 16.3. The van der Waals surface area contributed by atoms with Crippen LogP contribution in [0, 0.1) is 0 Å². The number of fused-ring (bicyclic) bond motifs is 2. The van der Waals surface area contributed by atoms with Gasteiger partial charge < -0.3 is 20.4 Å². The highest BCUT2D eigenvalue weighted by Crippen LogP contribution is 2.46. The molecule has 0 amide bonds. The number of para-hydroxylation sites is 1. The number of likely N-dealkylation sites (tertiary alicyclic amines) is 1. The molecule has 2 aliphatic heterocycles. The van der Waals surface area contributed by atoms with Gasteiger partial charge >= 0.3 is 0 Å². The van der Waals surface area contributed by atoms with Gasteiger partial charge in [-0.1, -0.05) is 18.2 Å². The van der Waals surface area contributed by atoms with Gasteiger partial charge in [-0.25, -0.2) is 0 Å². The topological polar surface area (TPSA) is 55.7 Å². The summed E-state index contributed by atoms with van der Waals surface area (Å²) < 4.78 is 0. The van der Waals surface area contributed by atoms with E-state index in [9.17, 15) is 10.2 Å². The van der Waals surface area contributed by atoms with Crippen LogP contribution in [0.25, 0.3) is 0 Å². The average molecular weight is 262 g/mol. The zero-order valence-corrected chi connectivity index (χ0v) is 11.3. The van der Waals surface area contributed by atoms with E-state index in [1.54, 1.807) is 0 Å². The van der Waals surface area contributed by atoms with E-state index < -0.39 is 6.23 Å². The zero-order valence-electron chi connectivity index (χ0n) is 11.3. The fraction of sp³-hybridized carbons (Fsp3) is 0.600. The van der Waals surface area contributed by atoms with Crippen LogP contribution >= 0.6 is 0 Å². The molecule has 104 valence electrons. The summed E-state index contributed by atoms with van der Waals surface area (Å²) >= 11 is 0. The molecule has 0 aliphatic carbocycles. The Kier molecular flexibility index (Phi) is 3.25. The molecular weight excluding hydrogens is 240 g/mol. The predicted molar refractivity (Wildman–Crippen MR) is 75.1 cm³/mol. The molecule has 3 N–H and O–H groups in total. The zero-order chi connectivity index (χ0) is 13.5. The van der Waals surface area contributed by atoms with E-state index in [0.717, 1.165) is 38.2 Å².